The molecule has 7 nitrogen and oxygen atoms in total. The van der Waals surface area contributed by atoms with Crippen LogP contribution in [-0.4, -0.2) is 55.7 Å². The molecule has 1 aliphatic rings. The van der Waals surface area contributed by atoms with Crippen LogP contribution in [0.25, 0.3) is 10.9 Å². The Morgan fingerprint density at radius 3 is 2.47 bits per heavy atom. The van der Waals surface area contributed by atoms with Gasteiger partial charge in [0.2, 0.25) is 15.9 Å². The summed E-state index contributed by atoms with van der Waals surface area (Å²) in [6.07, 6.45) is 0.324. The fourth-order valence-corrected chi connectivity index (χ4v) is 6.33. The van der Waals surface area contributed by atoms with Gasteiger partial charge in [-0.1, -0.05) is 11.6 Å². The molecule has 180 valence electrons. The smallest absolute Gasteiger partial charge is 0.243 e. The third kappa shape index (κ3) is 5.60. The Hall–Kier alpha value is -2.46. The summed E-state index contributed by atoms with van der Waals surface area (Å²) in [5.41, 5.74) is 5.12. The number of fused-ring (bicyclic) bond motifs is 1. The molecule has 1 saturated heterocycles. The van der Waals surface area contributed by atoms with E-state index in [0.29, 0.717) is 44.2 Å². The Kier molecular flexibility index (Phi) is 7.57. The van der Waals surface area contributed by atoms with Crippen molar-refractivity contribution in [2.24, 2.45) is 0 Å². The molecule has 0 saturated carbocycles. The molecule has 1 N–H and O–H groups in total. The van der Waals surface area contributed by atoms with Crippen molar-refractivity contribution in [1.82, 2.24) is 9.29 Å². The number of sulfonamides is 1. The Balaban J connectivity index is 1.33. The molecule has 34 heavy (non-hydrogen) atoms. The van der Waals surface area contributed by atoms with Crippen LogP contribution in [0.15, 0.2) is 52.4 Å². The highest BCUT2D eigenvalue weighted by molar-refractivity contribution is 7.99. The van der Waals surface area contributed by atoms with Crippen molar-refractivity contribution in [2.45, 2.75) is 37.1 Å². The zero-order valence-corrected chi connectivity index (χ0v) is 21.3. The minimum absolute atomic E-state index is 0.124. The first kappa shape index (κ1) is 24.7. The summed E-state index contributed by atoms with van der Waals surface area (Å²) in [6, 6.07) is 12.7. The standard InChI is InChI=1S/C25H29N3O4S2/c1-17-14-19(3)25-22(15-17)18(2)16-24(27-25)33-13-8-23(29)26-20-4-6-21(7-5-20)34(30,31)28-9-11-32-12-10-28/h4-7,14-16H,8-13H2,1-3H3,(H,26,29). The first-order chi connectivity index (χ1) is 16.2. The van der Waals surface area contributed by atoms with Crippen molar-refractivity contribution in [3.63, 3.8) is 0 Å². The summed E-state index contributed by atoms with van der Waals surface area (Å²) < 4.78 is 32.1. The highest BCUT2D eigenvalue weighted by Crippen LogP contribution is 2.27. The van der Waals surface area contributed by atoms with Crippen molar-refractivity contribution in [3.05, 3.63) is 59.2 Å². The number of nitrogens with zero attached hydrogens (tertiary/aromatic N) is 2. The molecule has 0 spiro atoms. The van der Waals surface area contributed by atoms with Crippen LogP contribution in [0, 0.1) is 20.8 Å². The van der Waals surface area contributed by atoms with E-state index in [4.69, 9.17) is 9.72 Å². The molecular formula is C25H29N3O4S2. The molecule has 0 atom stereocenters. The lowest BCUT2D eigenvalue weighted by molar-refractivity contribution is -0.115. The second-order valence-electron chi connectivity index (χ2n) is 8.44. The number of aromatic nitrogens is 1. The predicted octanol–water partition coefficient (Wildman–Crippen LogP) is 4.30. The van der Waals surface area contributed by atoms with E-state index in [0.717, 1.165) is 16.1 Å². The largest absolute Gasteiger partial charge is 0.379 e. The molecule has 1 aliphatic heterocycles. The maximum absolute atomic E-state index is 12.7. The Morgan fingerprint density at radius 1 is 1.06 bits per heavy atom. The first-order valence-electron chi connectivity index (χ1n) is 11.2. The van der Waals surface area contributed by atoms with Gasteiger partial charge in [-0.2, -0.15) is 4.31 Å². The average molecular weight is 500 g/mol. The number of carbonyl (C=O) groups is 1. The maximum Gasteiger partial charge on any atom is 0.243 e. The number of amides is 1. The number of morpholine rings is 1. The molecule has 1 fully saturated rings. The summed E-state index contributed by atoms with van der Waals surface area (Å²) in [7, 11) is -3.55. The quantitative estimate of drug-likeness (QED) is 0.488. The number of nitrogens with one attached hydrogen (secondary N) is 1. The van der Waals surface area contributed by atoms with E-state index >= 15 is 0 Å². The first-order valence-corrected chi connectivity index (χ1v) is 13.7. The molecule has 2 heterocycles. The number of hydrogen-bond acceptors (Lipinski definition) is 6. The van der Waals surface area contributed by atoms with Crippen LogP contribution in [0.4, 0.5) is 5.69 Å². The normalized spacial score (nSPS) is 14.9. The number of pyridine rings is 1. The minimum Gasteiger partial charge on any atom is -0.379 e. The second-order valence-corrected chi connectivity index (χ2v) is 11.5. The van der Waals surface area contributed by atoms with Crippen LogP contribution >= 0.6 is 11.8 Å². The SMILES string of the molecule is Cc1cc(C)c2nc(SCCC(=O)Nc3ccc(S(=O)(=O)N4CCOCC4)cc3)cc(C)c2c1. The summed E-state index contributed by atoms with van der Waals surface area (Å²) in [5.74, 6) is 0.471. The molecule has 1 aromatic heterocycles. The molecule has 9 heteroatoms. The van der Waals surface area contributed by atoms with Crippen molar-refractivity contribution < 1.29 is 17.9 Å². The lowest BCUT2D eigenvalue weighted by Gasteiger charge is -2.26. The van der Waals surface area contributed by atoms with Gasteiger partial charge in [-0.3, -0.25) is 4.79 Å². The van der Waals surface area contributed by atoms with E-state index < -0.39 is 10.0 Å². The molecule has 0 radical (unpaired) electrons. The fraction of sp³-hybridized carbons (Fsp3) is 0.360. The van der Waals surface area contributed by atoms with Gasteiger partial charge in [-0.25, -0.2) is 13.4 Å². The lowest BCUT2D eigenvalue weighted by Crippen LogP contribution is -2.40. The Bertz CT molecular complexity index is 1300. The number of ether oxygens (including phenoxy) is 1. The van der Waals surface area contributed by atoms with Crippen LogP contribution in [-0.2, 0) is 19.6 Å². The number of hydrogen-bond donors (Lipinski definition) is 1. The molecule has 1 amide bonds. The average Bonchev–Trinajstić information content (AvgIpc) is 2.81. The highest BCUT2D eigenvalue weighted by Gasteiger charge is 2.26. The molecule has 3 aromatic rings. The van der Waals surface area contributed by atoms with Gasteiger partial charge in [0.25, 0.3) is 0 Å². The Labute approximate surface area is 205 Å². The summed E-state index contributed by atoms with van der Waals surface area (Å²) in [4.78, 5) is 17.4. The van der Waals surface area contributed by atoms with Crippen molar-refractivity contribution in [2.75, 3.05) is 37.4 Å². The second kappa shape index (κ2) is 10.4. The topological polar surface area (TPSA) is 88.6 Å². The molecular weight excluding hydrogens is 470 g/mol. The van der Waals surface area contributed by atoms with E-state index in [1.165, 1.54) is 33.0 Å². The monoisotopic (exact) mass is 499 g/mol. The summed E-state index contributed by atoms with van der Waals surface area (Å²) in [6.45, 7) is 7.75. The summed E-state index contributed by atoms with van der Waals surface area (Å²) in [5, 5.41) is 4.91. The third-order valence-corrected chi connectivity index (χ3v) is 8.58. The van der Waals surface area contributed by atoms with E-state index in [2.05, 4.69) is 44.3 Å². The van der Waals surface area contributed by atoms with Gasteiger partial charge >= 0.3 is 0 Å². The van der Waals surface area contributed by atoms with Crippen LogP contribution in [0.5, 0.6) is 0 Å². The van der Waals surface area contributed by atoms with Crippen LogP contribution in [0.2, 0.25) is 0 Å². The van der Waals surface area contributed by atoms with E-state index in [-0.39, 0.29) is 10.8 Å². The van der Waals surface area contributed by atoms with Crippen molar-refractivity contribution >= 4 is 44.3 Å². The number of benzene rings is 2. The highest BCUT2D eigenvalue weighted by atomic mass is 32.2. The third-order valence-electron chi connectivity index (χ3n) is 5.76. The van der Waals surface area contributed by atoms with Gasteiger partial charge in [0.05, 0.1) is 28.7 Å². The molecule has 2 aromatic carbocycles. The summed E-state index contributed by atoms with van der Waals surface area (Å²) >= 11 is 1.56. The van der Waals surface area contributed by atoms with Crippen LogP contribution in [0.1, 0.15) is 23.1 Å². The molecule has 0 bridgehead atoms. The van der Waals surface area contributed by atoms with E-state index in [9.17, 15) is 13.2 Å². The van der Waals surface area contributed by atoms with Crippen LogP contribution in [0.3, 0.4) is 0 Å². The number of carbonyl (C=O) groups excluding carboxylic acids is 1. The predicted molar refractivity (Wildman–Crippen MR) is 136 cm³/mol. The fourth-order valence-electron chi connectivity index (χ4n) is 4.01. The Morgan fingerprint density at radius 2 is 1.76 bits per heavy atom. The van der Waals surface area contributed by atoms with Gasteiger partial charge in [-0.05, 0) is 68.3 Å². The van der Waals surface area contributed by atoms with Gasteiger partial charge in [0, 0.05) is 36.3 Å². The molecule has 0 aliphatic carbocycles. The maximum atomic E-state index is 12.7. The zero-order chi connectivity index (χ0) is 24.3. The minimum atomic E-state index is -3.55. The van der Waals surface area contributed by atoms with E-state index in [1.807, 2.05) is 0 Å². The van der Waals surface area contributed by atoms with Crippen molar-refractivity contribution in [1.29, 1.82) is 0 Å². The molecule has 4 rings (SSSR count). The van der Waals surface area contributed by atoms with Gasteiger partial charge in [0.1, 0.15) is 0 Å². The number of aryl methyl sites for hydroxylation is 3. The van der Waals surface area contributed by atoms with Gasteiger partial charge in [0.15, 0.2) is 0 Å². The number of rotatable bonds is 7. The number of anilines is 1. The zero-order valence-electron chi connectivity index (χ0n) is 19.6. The number of thioether (sulfide) groups is 1. The van der Waals surface area contributed by atoms with Gasteiger partial charge < -0.3 is 10.1 Å². The molecule has 0 unspecified atom stereocenters. The lowest BCUT2D eigenvalue weighted by atomic mass is 10.0. The van der Waals surface area contributed by atoms with Gasteiger partial charge in [-0.15, -0.1) is 11.8 Å². The van der Waals surface area contributed by atoms with E-state index in [1.54, 1.807) is 23.9 Å². The van der Waals surface area contributed by atoms with Crippen molar-refractivity contribution in [3.8, 4) is 0 Å². The van der Waals surface area contributed by atoms with Crippen LogP contribution < -0.4 is 5.32 Å².